The van der Waals surface area contributed by atoms with Crippen molar-refractivity contribution in [1.82, 2.24) is 4.90 Å². The van der Waals surface area contributed by atoms with Gasteiger partial charge in [-0.3, -0.25) is 9.59 Å². The molecule has 1 N–H and O–H groups in total. The van der Waals surface area contributed by atoms with Crippen LogP contribution >= 0.6 is 0 Å². The second-order valence-corrected chi connectivity index (χ2v) is 5.18. The molecule has 4 heteroatoms. The van der Waals surface area contributed by atoms with E-state index in [4.69, 9.17) is 5.11 Å². The molecule has 1 heterocycles. The van der Waals surface area contributed by atoms with Crippen molar-refractivity contribution in [2.24, 2.45) is 5.92 Å². The van der Waals surface area contributed by atoms with Gasteiger partial charge in [0.1, 0.15) is 0 Å². The fourth-order valence-electron chi connectivity index (χ4n) is 2.55. The number of hydrogen-bond donors (Lipinski definition) is 1. The summed E-state index contributed by atoms with van der Waals surface area (Å²) in [6, 6.07) is 9.61. The molecule has 1 aromatic carbocycles. The van der Waals surface area contributed by atoms with Crippen LogP contribution in [-0.2, 0) is 9.59 Å². The smallest absolute Gasteiger partial charge is 0.306 e. The standard InChI is InChI=1S/C16H19NO3/c1-12-11-14(16(19)20)9-10-17(12)15(18)8-7-13-5-3-2-4-6-13/h2-8,12,14H,9-11H2,1H3,(H,19,20)/b8-7+. The number of piperidine rings is 1. The van der Waals surface area contributed by atoms with Crippen LogP contribution in [0.25, 0.3) is 6.08 Å². The number of benzene rings is 1. The van der Waals surface area contributed by atoms with Crippen LogP contribution in [0.5, 0.6) is 0 Å². The molecule has 4 nitrogen and oxygen atoms in total. The fraction of sp³-hybridized carbons (Fsp3) is 0.375. The van der Waals surface area contributed by atoms with Crippen molar-refractivity contribution in [1.29, 1.82) is 0 Å². The number of rotatable bonds is 3. The molecule has 0 bridgehead atoms. The summed E-state index contributed by atoms with van der Waals surface area (Å²) in [7, 11) is 0. The largest absolute Gasteiger partial charge is 0.481 e. The number of aliphatic carboxylic acids is 1. The molecule has 1 fully saturated rings. The molecule has 2 unspecified atom stereocenters. The lowest BCUT2D eigenvalue weighted by molar-refractivity contribution is -0.146. The van der Waals surface area contributed by atoms with Gasteiger partial charge in [0.15, 0.2) is 0 Å². The van der Waals surface area contributed by atoms with Crippen molar-refractivity contribution in [2.75, 3.05) is 6.54 Å². The molecule has 1 aromatic rings. The summed E-state index contributed by atoms with van der Waals surface area (Å²) >= 11 is 0. The third kappa shape index (κ3) is 3.47. The number of carbonyl (C=O) groups is 2. The average molecular weight is 273 g/mol. The summed E-state index contributed by atoms with van der Waals surface area (Å²) in [5.41, 5.74) is 0.980. The van der Waals surface area contributed by atoms with Gasteiger partial charge in [0.25, 0.3) is 0 Å². The average Bonchev–Trinajstić information content (AvgIpc) is 2.45. The van der Waals surface area contributed by atoms with E-state index >= 15 is 0 Å². The third-order valence-corrected chi connectivity index (χ3v) is 3.73. The maximum absolute atomic E-state index is 12.2. The van der Waals surface area contributed by atoms with E-state index in [0.717, 1.165) is 5.56 Å². The van der Waals surface area contributed by atoms with Crippen molar-refractivity contribution in [2.45, 2.75) is 25.8 Å². The quantitative estimate of drug-likeness (QED) is 0.860. The van der Waals surface area contributed by atoms with Gasteiger partial charge in [0, 0.05) is 18.7 Å². The number of amides is 1. The molecule has 2 atom stereocenters. The molecule has 1 aliphatic heterocycles. The second-order valence-electron chi connectivity index (χ2n) is 5.18. The van der Waals surface area contributed by atoms with Gasteiger partial charge in [-0.15, -0.1) is 0 Å². The van der Waals surface area contributed by atoms with E-state index in [1.54, 1.807) is 17.1 Å². The number of carbonyl (C=O) groups excluding carboxylic acids is 1. The highest BCUT2D eigenvalue weighted by Gasteiger charge is 2.31. The van der Waals surface area contributed by atoms with Crippen LogP contribution in [0.2, 0.25) is 0 Å². The summed E-state index contributed by atoms with van der Waals surface area (Å²) in [6.07, 6.45) is 4.41. The maximum atomic E-state index is 12.2. The zero-order valence-electron chi connectivity index (χ0n) is 11.5. The molecule has 0 spiro atoms. The van der Waals surface area contributed by atoms with Crippen LogP contribution in [0.1, 0.15) is 25.3 Å². The zero-order valence-corrected chi connectivity index (χ0v) is 11.5. The van der Waals surface area contributed by atoms with E-state index in [9.17, 15) is 9.59 Å². The number of carboxylic acid groups (broad SMARTS) is 1. The van der Waals surface area contributed by atoms with Crippen molar-refractivity contribution in [3.8, 4) is 0 Å². The molecule has 1 saturated heterocycles. The Hall–Kier alpha value is -2.10. The SMILES string of the molecule is CC1CC(C(=O)O)CCN1C(=O)/C=C/c1ccccc1. The lowest BCUT2D eigenvalue weighted by atomic mass is 9.91. The van der Waals surface area contributed by atoms with E-state index in [1.807, 2.05) is 37.3 Å². The van der Waals surface area contributed by atoms with Gasteiger partial charge < -0.3 is 10.0 Å². The van der Waals surface area contributed by atoms with Crippen LogP contribution < -0.4 is 0 Å². The van der Waals surface area contributed by atoms with E-state index in [2.05, 4.69) is 0 Å². The molecular weight excluding hydrogens is 254 g/mol. The number of hydrogen-bond acceptors (Lipinski definition) is 2. The normalized spacial score (nSPS) is 22.9. The summed E-state index contributed by atoms with van der Waals surface area (Å²) in [4.78, 5) is 24.9. The van der Waals surface area contributed by atoms with Crippen molar-refractivity contribution in [3.63, 3.8) is 0 Å². The van der Waals surface area contributed by atoms with Gasteiger partial charge in [-0.05, 0) is 31.4 Å². The second kappa shape index (κ2) is 6.37. The highest BCUT2D eigenvalue weighted by molar-refractivity contribution is 5.92. The van der Waals surface area contributed by atoms with E-state index in [1.165, 1.54) is 0 Å². The lowest BCUT2D eigenvalue weighted by Gasteiger charge is -2.35. The number of likely N-dealkylation sites (tertiary alicyclic amines) is 1. The number of carboxylic acids is 1. The first-order chi connectivity index (χ1) is 9.58. The molecule has 0 radical (unpaired) electrons. The lowest BCUT2D eigenvalue weighted by Crippen LogP contribution is -2.45. The van der Waals surface area contributed by atoms with Crippen LogP contribution in [0.3, 0.4) is 0 Å². The van der Waals surface area contributed by atoms with Gasteiger partial charge in [0.05, 0.1) is 5.92 Å². The van der Waals surface area contributed by atoms with Gasteiger partial charge >= 0.3 is 5.97 Å². The Morgan fingerprint density at radius 1 is 1.30 bits per heavy atom. The van der Waals surface area contributed by atoms with E-state index < -0.39 is 5.97 Å². The molecule has 0 aromatic heterocycles. The summed E-state index contributed by atoms with van der Waals surface area (Å²) in [6.45, 7) is 2.42. The van der Waals surface area contributed by atoms with Crippen LogP contribution in [0.4, 0.5) is 0 Å². The minimum absolute atomic E-state index is 0.0298. The summed E-state index contributed by atoms with van der Waals surface area (Å²) in [5.74, 6) is -1.14. The highest BCUT2D eigenvalue weighted by Crippen LogP contribution is 2.23. The first kappa shape index (κ1) is 14.3. The van der Waals surface area contributed by atoms with Crippen LogP contribution in [0.15, 0.2) is 36.4 Å². The maximum Gasteiger partial charge on any atom is 0.306 e. The first-order valence-corrected chi connectivity index (χ1v) is 6.84. The predicted molar refractivity (Wildman–Crippen MR) is 77.0 cm³/mol. The number of nitrogens with zero attached hydrogens (tertiary/aromatic N) is 1. The summed E-state index contributed by atoms with van der Waals surface area (Å²) in [5, 5.41) is 9.02. The van der Waals surface area contributed by atoms with Crippen molar-refractivity contribution >= 4 is 18.0 Å². The van der Waals surface area contributed by atoms with E-state index in [-0.39, 0.29) is 17.9 Å². The van der Waals surface area contributed by atoms with Gasteiger partial charge in [-0.25, -0.2) is 0 Å². The van der Waals surface area contributed by atoms with Crippen LogP contribution in [0, 0.1) is 5.92 Å². The molecule has 0 aliphatic carbocycles. The molecule has 20 heavy (non-hydrogen) atoms. The highest BCUT2D eigenvalue weighted by atomic mass is 16.4. The topological polar surface area (TPSA) is 57.6 Å². The Morgan fingerprint density at radius 2 is 2.00 bits per heavy atom. The summed E-state index contributed by atoms with van der Waals surface area (Å²) < 4.78 is 0. The minimum atomic E-state index is -0.760. The van der Waals surface area contributed by atoms with Crippen LogP contribution in [-0.4, -0.2) is 34.5 Å². The Labute approximate surface area is 118 Å². The monoisotopic (exact) mass is 273 g/mol. The Bertz CT molecular complexity index is 510. The molecule has 1 aliphatic rings. The third-order valence-electron chi connectivity index (χ3n) is 3.73. The van der Waals surface area contributed by atoms with Gasteiger partial charge in [-0.2, -0.15) is 0 Å². The predicted octanol–water partition coefficient (Wildman–Crippen LogP) is 2.41. The molecule has 106 valence electrons. The molecular formula is C16H19NO3. The van der Waals surface area contributed by atoms with Crippen molar-refractivity contribution < 1.29 is 14.7 Å². The Kier molecular flexibility index (Phi) is 4.56. The minimum Gasteiger partial charge on any atom is -0.481 e. The molecule has 1 amide bonds. The fourth-order valence-corrected chi connectivity index (χ4v) is 2.55. The Morgan fingerprint density at radius 3 is 2.60 bits per heavy atom. The van der Waals surface area contributed by atoms with E-state index in [0.29, 0.717) is 19.4 Å². The van der Waals surface area contributed by atoms with Gasteiger partial charge in [0.2, 0.25) is 5.91 Å². The van der Waals surface area contributed by atoms with Gasteiger partial charge in [-0.1, -0.05) is 30.3 Å². The van der Waals surface area contributed by atoms with Crippen molar-refractivity contribution in [3.05, 3.63) is 42.0 Å². The Balaban J connectivity index is 1.97. The first-order valence-electron chi connectivity index (χ1n) is 6.84. The zero-order chi connectivity index (χ0) is 14.5. The molecule has 2 rings (SSSR count). The molecule has 0 saturated carbocycles.